The number of hydrogen-bond acceptors (Lipinski definition) is 12. The molecule has 50 heavy (non-hydrogen) atoms. The summed E-state index contributed by atoms with van der Waals surface area (Å²) in [5.41, 5.74) is 5.12. The number of nitrogens with one attached hydrogen (secondary N) is 6. The second-order valence-corrected chi connectivity index (χ2v) is 10.9. The second-order valence-electron chi connectivity index (χ2n) is 10.9. The van der Waals surface area contributed by atoms with Gasteiger partial charge in [-0.2, -0.15) is 29.9 Å². The maximum absolute atomic E-state index is 4.58. The fourth-order valence-corrected chi connectivity index (χ4v) is 4.53. The van der Waals surface area contributed by atoms with Gasteiger partial charge in [-0.25, -0.2) is 0 Å². The average Bonchev–Trinajstić information content (AvgIpc) is 3.12. The molecule has 248 valence electrons. The Morgan fingerprint density at radius 3 is 0.860 bits per heavy atom. The third-order valence-electron chi connectivity index (χ3n) is 6.81. The largest absolute Gasteiger partial charge is 0.328 e. The van der Waals surface area contributed by atoms with Crippen molar-refractivity contribution in [2.24, 2.45) is 0 Å². The maximum atomic E-state index is 4.58. The molecule has 0 saturated carbocycles. The molecular weight excluding hydrogens is 625 g/mol. The van der Waals surface area contributed by atoms with Crippen LogP contribution < -0.4 is 31.9 Å². The summed E-state index contributed by atoms with van der Waals surface area (Å²) >= 11 is 0. The molecule has 0 atom stereocenters. The summed E-state index contributed by atoms with van der Waals surface area (Å²) in [6.45, 7) is 3.87. The van der Waals surface area contributed by atoms with Crippen molar-refractivity contribution < 1.29 is 0 Å². The second kappa shape index (κ2) is 16.7. The Balaban J connectivity index is 1.14. The first-order valence-corrected chi connectivity index (χ1v) is 15.9. The predicted octanol–water partition coefficient (Wildman–Crippen LogP) is 8.92. The van der Waals surface area contributed by atoms with Crippen molar-refractivity contribution >= 4 is 58.4 Å². The molecule has 6 rings (SSSR count). The van der Waals surface area contributed by atoms with Crippen LogP contribution in [0.15, 0.2) is 157 Å². The minimum Gasteiger partial charge on any atom is -0.328 e. The highest BCUT2D eigenvalue weighted by atomic mass is 15.3. The highest BCUT2D eigenvalue weighted by Gasteiger charge is 2.10. The van der Waals surface area contributed by atoms with Crippen LogP contribution in [0.5, 0.6) is 0 Å². The molecule has 0 saturated heterocycles. The van der Waals surface area contributed by atoms with Crippen molar-refractivity contribution in [1.29, 1.82) is 0 Å². The van der Waals surface area contributed by atoms with Gasteiger partial charge in [0.1, 0.15) is 0 Å². The molecule has 2 aromatic heterocycles. The summed E-state index contributed by atoms with van der Waals surface area (Å²) in [4.78, 5) is 27.4. The van der Waals surface area contributed by atoms with Gasteiger partial charge in [0.25, 0.3) is 0 Å². The molecule has 0 aliphatic carbocycles. The lowest BCUT2D eigenvalue weighted by molar-refractivity contribution is 1.05. The predicted molar refractivity (Wildman–Crippen MR) is 202 cm³/mol. The van der Waals surface area contributed by atoms with Crippen molar-refractivity contribution in [3.63, 3.8) is 0 Å². The van der Waals surface area contributed by atoms with Crippen molar-refractivity contribution in [3.8, 4) is 0 Å². The van der Waals surface area contributed by atoms with Gasteiger partial charge in [0.05, 0.1) is 0 Å². The van der Waals surface area contributed by atoms with Crippen LogP contribution in [0, 0.1) is 0 Å². The third kappa shape index (κ3) is 10.2. The molecule has 0 aliphatic rings. The molecular formula is C38H36N12. The summed E-state index contributed by atoms with van der Waals surface area (Å²) in [5.74, 6) is 2.40. The van der Waals surface area contributed by atoms with E-state index >= 15 is 0 Å². The van der Waals surface area contributed by atoms with Crippen LogP contribution in [-0.4, -0.2) is 29.9 Å². The fourth-order valence-electron chi connectivity index (χ4n) is 4.53. The van der Waals surface area contributed by atoms with E-state index in [2.05, 4.69) is 61.8 Å². The van der Waals surface area contributed by atoms with Gasteiger partial charge in [-0.05, 0) is 74.5 Å². The first kappa shape index (κ1) is 32.8. The van der Waals surface area contributed by atoms with Gasteiger partial charge in [0, 0.05) is 34.1 Å². The molecule has 0 aliphatic heterocycles. The first-order chi connectivity index (χ1) is 24.5. The highest BCUT2D eigenvalue weighted by Crippen LogP contribution is 2.21. The zero-order valence-corrected chi connectivity index (χ0v) is 27.5. The Labute approximate surface area is 290 Å². The summed E-state index contributed by atoms with van der Waals surface area (Å²) in [7, 11) is 0. The van der Waals surface area contributed by atoms with E-state index in [1.807, 2.05) is 159 Å². The average molecular weight is 661 g/mol. The number of hydrogen-bond donors (Lipinski definition) is 6. The molecule has 0 amide bonds. The van der Waals surface area contributed by atoms with E-state index in [1.54, 1.807) is 0 Å². The number of rotatable bonds is 14. The van der Waals surface area contributed by atoms with Gasteiger partial charge >= 0.3 is 0 Å². The number of anilines is 10. The molecule has 2 heterocycles. The summed E-state index contributed by atoms with van der Waals surface area (Å²) < 4.78 is 0. The SMILES string of the molecule is C\C(=C/C=C\C=C(/C)Nc1nc(Nc2ccccc2)nc(Nc2ccccc2)n1)Nc1nc(Nc2ccccc2)nc(Nc2ccccc2)n1. The zero-order valence-electron chi connectivity index (χ0n) is 27.5. The quantitative estimate of drug-likeness (QED) is 0.0619. The van der Waals surface area contributed by atoms with Crippen LogP contribution in [-0.2, 0) is 0 Å². The van der Waals surface area contributed by atoms with Crippen LogP contribution in [0.2, 0.25) is 0 Å². The summed E-state index contributed by atoms with van der Waals surface area (Å²) in [6, 6.07) is 39.0. The molecule has 0 fully saturated rings. The molecule has 12 heteroatoms. The standard InChI is InChI=1S/C38H36N12/c1-27(39-33-45-35(41-29-19-7-3-8-20-29)49-36(46-33)42-30-21-9-4-10-22-30)17-15-16-18-28(2)40-34-47-37(43-31-23-11-5-12-24-31)50-38(48-34)44-32-25-13-6-14-26-32/h3-26H,1-2H3,(H3,39,41,42,45,46,49)(H3,40,43,44,47,48,50)/b16-15-,27-17+,28-18+. The van der Waals surface area contributed by atoms with E-state index in [-0.39, 0.29) is 0 Å². The molecule has 0 unspecified atom stereocenters. The van der Waals surface area contributed by atoms with E-state index in [0.29, 0.717) is 35.7 Å². The number of aromatic nitrogens is 6. The summed E-state index contributed by atoms with van der Waals surface area (Å²) in [6.07, 6.45) is 7.68. The van der Waals surface area contributed by atoms with Crippen LogP contribution >= 0.6 is 0 Å². The van der Waals surface area contributed by atoms with Crippen LogP contribution in [0.3, 0.4) is 0 Å². The number of nitrogens with zero attached hydrogens (tertiary/aromatic N) is 6. The van der Waals surface area contributed by atoms with Gasteiger partial charge in [0.15, 0.2) is 0 Å². The number of benzene rings is 4. The molecule has 4 aromatic carbocycles. The number of allylic oxidation sites excluding steroid dienone is 6. The number of para-hydroxylation sites is 4. The lowest BCUT2D eigenvalue weighted by Crippen LogP contribution is -2.08. The van der Waals surface area contributed by atoms with E-state index in [9.17, 15) is 0 Å². The van der Waals surface area contributed by atoms with Gasteiger partial charge in [-0.1, -0.05) is 84.9 Å². The van der Waals surface area contributed by atoms with Crippen LogP contribution in [0.4, 0.5) is 58.4 Å². The van der Waals surface area contributed by atoms with Crippen molar-refractivity contribution in [3.05, 3.63) is 157 Å². The third-order valence-corrected chi connectivity index (χ3v) is 6.81. The minimum absolute atomic E-state index is 0.391. The van der Waals surface area contributed by atoms with Crippen molar-refractivity contribution in [2.45, 2.75) is 13.8 Å². The van der Waals surface area contributed by atoms with Gasteiger partial charge in [-0.15, -0.1) is 0 Å². The normalized spacial score (nSPS) is 11.6. The Kier molecular flexibility index (Phi) is 10.9. The lowest BCUT2D eigenvalue weighted by atomic mass is 10.3. The van der Waals surface area contributed by atoms with Crippen molar-refractivity contribution in [1.82, 2.24) is 29.9 Å². The minimum atomic E-state index is 0.391. The zero-order chi connectivity index (χ0) is 34.4. The molecule has 0 spiro atoms. The van der Waals surface area contributed by atoms with E-state index in [1.165, 1.54) is 0 Å². The van der Waals surface area contributed by atoms with E-state index in [0.717, 1.165) is 34.1 Å². The highest BCUT2D eigenvalue weighted by molar-refractivity contribution is 5.61. The smallest absolute Gasteiger partial charge is 0.233 e. The Bertz CT molecular complexity index is 1800. The van der Waals surface area contributed by atoms with Gasteiger partial charge < -0.3 is 31.9 Å². The first-order valence-electron chi connectivity index (χ1n) is 15.9. The molecule has 6 aromatic rings. The topological polar surface area (TPSA) is 150 Å². The van der Waals surface area contributed by atoms with Crippen molar-refractivity contribution in [2.75, 3.05) is 31.9 Å². The summed E-state index contributed by atoms with van der Waals surface area (Å²) in [5, 5.41) is 19.5. The Morgan fingerprint density at radius 1 is 0.360 bits per heavy atom. The van der Waals surface area contributed by atoms with Crippen LogP contribution in [0.1, 0.15) is 13.8 Å². The maximum Gasteiger partial charge on any atom is 0.233 e. The molecule has 0 bridgehead atoms. The van der Waals surface area contributed by atoms with E-state index < -0.39 is 0 Å². The fraction of sp³-hybridized carbons (Fsp3) is 0.0526. The van der Waals surface area contributed by atoms with Crippen LogP contribution in [0.25, 0.3) is 0 Å². The molecule has 0 radical (unpaired) electrons. The molecule has 12 nitrogen and oxygen atoms in total. The Morgan fingerprint density at radius 2 is 0.600 bits per heavy atom. The monoisotopic (exact) mass is 660 g/mol. The Hall–Kier alpha value is -7.08. The lowest BCUT2D eigenvalue weighted by Gasteiger charge is -2.11. The van der Waals surface area contributed by atoms with Gasteiger partial charge in [-0.3, -0.25) is 0 Å². The molecule has 6 N–H and O–H groups in total. The van der Waals surface area contributed by atoms with Gasteiger partial charge in [0.2, 0.25) is 35.7 Å². The van der Waals surface area contributed by atoms with E-state index in [4.69, 9.17) is 0 Å².